The molecule has 0 saturated carbocycles. The first-order chi connectivity index (χ1) is 14.1. The van der Waals surface area contributed by atoms with Gasteiger partial charge < -0.3 is 25.1 Å². The number of ether oxygens (including phenoxy) is 2. The molecule has 0 fully saturated rings. The molecule has 2 aromatic carbocycles. The van der Waals surface area contributed by atoms with Gasteiger partial charge in [-0.25, -0.2) is 0 Å². The zero-order chi connectivity index (χ0) is 20.2. The number of hydrogen-bond acceptors (Lipinski definition) is 4. The van der Waals surface area contributed by atoms with Crippen LogP contribution in [0.15, 0.2) is 42.6 Å². The van der Waals surface area contributed by atoms with Crippen molar-refractivity contribution in [2.75, 3.05) is 25.6 Å². The number of hydrogen-bond donors (Lipinski definition) is 3. The highest BCUT2D eigenvalue weighted by atomic mass is 16.5. The number of aromatic nitrogens is 1. The Morgan fingerprint density at radius 2 is 2.00 bits per heavy atom. The molecule has 0 radical (unpaired) electrons. The van der Waals surface area contributed by atoms with Gasteiger partial charge in [-0.2, -0.15) is 0 Å². The van der Waals surface area contributed by atoms with Crippen molar-refractivity contribution < 1.29 is 19.1 Å². The summed E-state index contributed by atoms with van der Waals surface area (Å²) in [6.45, 7) is 0.432. The Morgan fingerprint density at radius 1 is 1.14 bits per heavy atom. The second-order valence-electron chi connectivity index (χ2n) is 6.98. The van der Waals surface area contributed by atoms with Gasteiger partial charge in [-0.05, 0) is 48.2 Å². The Morgan fingerprint density at radius 3 is 2.86 bits per heavy atom. The van der Waals surface area contributed by atoms with Gasteiger partial charge in [-0.1, -0.05) is 6.07 Å². The van der Waals surface area contributed by atoms with Gasteiger partial charge in [0.2, 0.25) is 5.91 Å². The molecule has 0 unspecified atom stereocenters. The zero-order valence-corrected chi connectivity index (χ0v) is 16.2. The molecule has 1 aliphatic heterocycles. The third-order valence-electron chi connectivity index (χ3n) is 5.04. The Bertz CT molecular complexity index is 1060. The number of anilines is 1. The van der Waals surface area contributed by atoms with Crippen LogP contribution in [0.5, 0.6) is 11.5 Å². The lowest BCUT2D eigenvalue weighted by Crippen LogP contribution is -2.30. The van der Waals surface area contributed by atoms with Crippen LogP contribution in [0.1, 0.15) is 17.5 Å². The molecule has 1 aliphatic rings. The third-order valence-corrected chi connectivity index (χ3v) is 5.04. The normalized spacial score (nSPS) is 12.9. The molecule has 2 heterocycles. The van der Waals surface area contributed by atoms with Gasteiger partial charge in [-0.15, -0.1) is 0 Å². The van der Waals surface area contributed by atoms with Crippen LogP contribution < -0.4 is 20.1 Å². The highest BCUT2D eigenvalue weighted by molar-refractivity contribution is 5.94. The van der Waals surface area contributed by atoms with E-state index in [1.165, 1.54) is 0 Å². The molecule has 1 aromatic heterocycles. The maximum absolute atomic E-state index is 12.1. The summed E-state index contributed by atoms with van der Waals surface area (Å²) in [6, 6.07) is 11.4. The number of aryl methyl sites for hydroxylation is 1. The maximum atomic E-state index is 12.1. The highest BCUT2D eigenvalue weighted by Gasteiger charge is 2.15. The molecule has 7 nitrogen and oxygen atoms in total. The van der Waals surface area contributed by atoms with Gasteiger partial charge in [0.05, 0.1) is 7.11 Å². The average Bonchev–Trinajstić information content (AvgIpc) is 3.14. The number of carbonyl (C=O) groups is 2. The average molecular weight is 393 g/mol. The first-order valence-corrected chi connectivity index (χ1v) is 9.58. The third kappa shape index (κ3) is 4.34. The molecule has 150 valence electrons. The van der Waals surface area contributed by atoms with E-state index in [-0.39, 0.29) is 18.4 Å². The predicted octanol–water partition coefficient (Wildman–Crippen LogP) is 2.80. The van der Waals surface area contributed by atoms with Gasteiger partial charge in [0.25, 0.3) is 5.91 Å². The van der Waals surface area contributed by atoms with Crippen LogP contribution in [0.25, 0.3) is 10.9 Å². The van der Waals surface area contributed by atoms with E-state index in [9.17, 15) is 9.59 Å². The van der Waals surface area contributed by atoms with Gasteiger partial charge >= 0.3 is 0 Å². The van der Waals surface area contributed by atoms with Gasteiger partial charge in [0.15, 0.2) is 6.61 Å². The molecule has 29 heavy (non-hydrogen) atoms. The quantitative estimate of drug-likeness (QED) is 0.576. The lowest BCUT2D eigenvalue weighted by molar-refractivity contribution is -0.123. The summed E-state index contributed by atoms with van der Waals surface area (Å²) < 4.78 is 10.9. The summed E-state index contributed by atoms with van der Waals surface area (Å²) in [5.74, 6) is 1.17. The van der Waals surface area contributed by atoms with Gasteiger partial charge in [0.1, 0.15) is 11.5 Å². The number of amides is 2. The molecule has 0 aliphatic carbocycles. The van der Waals surface area contributed by atoms with E-state index in [2.05, 4.69) is 15.6 Å². The van der Waals surface area contributed by atoms with E-state index in [0.717, 1.165) is 39.9 Å². The van der Waals surface area contributed by atoms with Crippen molar-refractivity contribution in [3.05, 3.63) is 53.7 Å². The fourth-order valence-corrected chi connectivity index (χ4v) is 3.47. The van der Waals surface area contributed by atoms with Crippen LogP contribution in [-0.4, -0.2) is 37.1 Å². The van der Waals surface area contributed by atoms with Crippen molar-refractivity contribution >= 4 is 28.4 Å². The lowest BCUT2D eigenvalue weighted by Gasteiger charge is -2.17. The Kier molecular flexibility index (Phi) is 5.37. The maximum Gasteiger partial charge on any atom is 0.257 e. The second kappa shape index (κ2) is 8.26. The van der Waals surface area contributed by atoms with E-state index < -0.39 is 0 Å². The molecular weight excluding hydrogens is 370 g/mol. The van der Waals surface area contributed by atoms with Crippen LogP contribution in [0.2, 0.25) is 0 Å². The molecule has 3 aromatic rings. The van der Waals surface area contributed by atoms with E-state index >= 15 is 0 Å². The van der Waals surface area contributed by atoms with Crippen molar-refractivity contribution in [1.29, 1.82) is 0 Å². The van der Waals surface area contributed by atoms with E-state index in [1.807, 2.05) is 36.5 Å². The molecule has 3 N–H and O–H groups in total. The molecular formula is C22H23N3O4. The Hall–Kier alpha value is -3.48. The number of fused-ring (bicyclic) bond motifs is 2. The van der Waals surface area contributed by atoms with Crippen LogP contribution in [-0.2, 0) is 22.4 Å². The standard InChI is InChI=1S/C22H23N3O4/c1-28-16-5-6-19-18(10-16)15(12-24-19)8-9-23-22(27)13-29-17-4-2-14-3-7-21(26)25-20(14)11-17/h2,4-6,10-12,24H,3,7-9,13H2,1H3,(H,23,27)(H,25,26). The first-order valence-electron chi connectivity index (χ1n) is 9.58. The highest BCUT2D eigenvalue weighted by Crippen LogP contribution is 2.27. The molecule has 7 heteroatoms. The van der Waals surface area contributed by atoms with Crippen LogP contribution >= 0.6 is 0 Å². The molecule has 0 atom stereocenters. The van der Waals surface area contributed by atoms with Crippen molar-refractivity contribution in [2.45, 2.75) is 19.3 Å². The molecule has 0 bridgehead atoms. The molecule has 0 saturated heterocycles. The zero-order valence-electron chi connectivity index (χ0n) is 16.2. The second-order valence-corrected chi connectivity index (χ2v) is 6.98. The summed E-state index contributed by atoms with van der Waals surface area (Å²) in [7, 11) is 1.64. The summed E-state index contributed by atoms with van der Waals surface area (Å²) in [6.07, 6.45) is 3.87. The lowest BCUT2D eigenvalue weighted by atomic mass is 10.0. The number of nitrogens with one attached hydrogen (secondary N) is 3. The summed E-state index contributed by atoms with van der Waals surface area (Å²) >= 11 is 0. The number of rotatable bonds is 7. The number of H-pyrrole nitrogens is 1. The summed E-state index contributed by atoms with van der Waals surface area (Å²) in [5, 5.41) is 6.79. The van der Waals surface area contributed by atoms with Crippen molar-refractivity contribution in [3.8, 4) is 11.5 Å². The first kappa shape index (κ1) is 18.9. The molecule has 2 amide bonds. The van der Waals surface area contributed by atoms with Gasteiger partial charge in [0, 0.05) is 41.8 Å². The number of carbonyl (C=O) groups excluding carboxylic acids is 2. The minimum Gasteiger partial charge on any atom is -0.497 e. The fraction of sp³-hybridized carbons (Fsp3) is 0.273. The van der Waals surface area contributed by atoms with Crippen LogP contribution in [0, 0.1) is 0 Å². The van der Waals surface area contributed by atoms with E-state index in [0.29, 0.717) is 25.1 Å². The smallest absolute Gasteiger partial charge is 0.257 e. The van der Waals surface area contributed by atoms with Crippen molar-refractivity contribution in [2.24, 2.45) is 0 Å². The Labute approximate surface area is 168 Å². The monoisotopic (exact) mass is 393 g/mol. The van der Waals surface area contributed by atoms with Crippen LogP contribution in [0.4, 0.5) is 5.69 Å². The van der Waals surface area contributed by atoms with Gasteiger partial charge in [-0.3, -0.25) is 9.59 Å². The molecule has 0 spiro atoms. The SMILES string of the molecule is COc1ccc2[nH]cc(CCNC(=O)COc3ccc4c(c3)NC(=O)CC4)c2c1. The van der Waals surface area contributed by atoms with Crippen molar-refractivity contribution in [3.63, 3.8) is 0 Å². The molecule has 4 rings (SSSR count). The number of methoxy groups -OCH3 is 1. The minimum absolute atomic E-state index is 0.00212. The number of benzene rings is 2. The topological polar surface area (TPSA) is 92.4 Å². The fourth-order valence-electron chi connectivity index (χ4n) is 3.47. The van der Waals surface area contributed by atoms with E-state index in [4.69, 9.17) is 9.47 Å². The summed E-state index contributed by atoms with van der Waals surface area (Å²) in [4.78, 5) is 26.9. The summed E-state index contributed by atoms with van der Waals surface area (Å²) in [5.41, 5.74) is 3.99. The number of aromatic amines is 1. The Balaban J connectivity index is 1.28. The predicted molar refractivity (Wildman–Crippen MR) is 110 cm³/mol. The van der Waals surface area contributed by atoms with E-state index in [1.54, 1.807) is 13.2 Å². The minimum atomic E-state index is -0.191. The van der Waals surface area contributed by atoms with Crippen molar-refractivity contribution in [1.82, 2.24) is 10.3 Å². The van der Waals surface area contributed by atoms with Crippen LogP contribution in [0.3, 0.4) is 0 Å². The largest absolute Gasteiger partial charge is 0.497 e.